The zero-order chi connectivity index (χ0) is 14.7. The molecule has 3 nitrogen and oxygen atoms in total. The fraction of sp³-hybridized carbons (Fsp3) is 0.200. The van der Waals surface area contributed by atoms with Gasteiger partial charge >= 0.3 is 0 Å². The number of phenols is 1. The highest BCUT2D eigenvalue weighted by Gasteiger charge is 2.12. The summed E-state index contributed by atoms with van der Waals surface area (Å²) in [6, 6.07) is 8.12. The van der Waals surface area contributed by atoms with Crippen LogP contribution in [0.15, 0.2) is 36.4 Å². The van der Waals surface area contributed by atoms with Gasteiger partial charge in [0.05, 0.1) is 13.2 Å². The molecule has 0 bridgehead atoms. The molecule has 1 atom stereocenters. The molecule has 0 aromatic heterocycles. The summed E-state index contributed by atoms with van der Waals surface area (Å²) in [4.78, 5) is 0. The van der Waals surface area contributed by atoms with E-state index in [-0.39, 0.29) is 11.8 Å². The van der Waals surface area contributed by atoms with Crippen LogP contribution >= 0.6 is 0 Å². The van der Waals surface area contributed by atoms with E-state index in [0.29, 0.717) is 17.0 Å². The zero-order valence-corrected chi connectivity index (χ0v) is 11.2. The predicted molar refractivity (Wildman–Crippen MR) is 73.1 cm³/mol. The van der Waals surface area contributed by atoms with E-state index in [9.17, 15) is 13.9 Å². The average molecular weight is 279 g/mol. The molecule has 0 saturated heterocycles. The molecule has 2 rings (SSSR count). The maximum absolute atomic E-state index is 13.1. The molecule has 5 heteroatoms. The maximum Gasteiger partial charge on any atom is 0.160 e. The maximum atomic E-state index is 13.1. The summed E-state index contributed by atoms with van der Waals surface area (Å²) in [5.41, 5.74) is 1.03. The Labute approximate surface area is 115 Å². The van der Waals surface area contributed by atoms with Gasteiger partial charge in [-0.15, -0.1) is 0 Å². The van der Waals surface area contributed by atoms with E-state index in [1.165, 1.54) is 19.2 Å². The van der Waals surface area contributed by atoms with Gasteiger partial charge in [-0.05, 0) is 37.3 Å². The van der Waals surface area contributed by atoms with Crippen molar-refractivity contribution < 1.29 is 18.6 Å². The molecule has 106 valence electrons. The first-order chi connectivity index (χ1) is 9.51. The summed E-state index contributed by atoms with van der Waals surface area (Å²) >= 11 is 0. The quantitative estimate of drug-likeness (QED) is 0.893. The number of rotatable bonds is 4. The van der Waals surface area contributed by atoms with Crippen molar-refractivity contribution in [3.63, 3.8) is 0 Å². The van der Waals surface area contributed by atoms with E-state index in [1.54, 1.807) is 19.1 Å². The Balaban J connectivity index is 2.23. The predicted octanol–water partition coefficient (Wildman–Crippen LogP) is 3.85. The first kappa shape index (κ1) is 14.1. The van der Waals surface area contributed by atoms with E-state index < -0.39 is 11.6 Å². The first-order valence-corrected chi connectivity index (χ1v) is 6.09. The molecule has 2 aromatic rings. The Kier molecular flexibility index (Phi) is 4.08. The molecular weight excluding hydrogens is 264 g/mol. The Hall–Kier alpha value is -2.30. The lowest BCUT2D eigenvalue weighted by Gasteiger charge is -2.17. The van der Waals surface area contributed by atoms with Gasteiger partial charge in [-0.3, -0.25) is 0 Å². The number of hydrogen-bond donors (Lipinski definition) is 2. The van der Waals surface area contributed by atoms with Gasteiger partial charge in [-0.25, -0.2) is 8.78 Å². The lowest BCUT2D eigenvalue weighted by atomic mass is 10.1. The van der Waals surface area contributed by atoms with Crippen molar-refractivity contribution >= 4 is 5.69 Å². The largest absolute Gasteiger partial charge is 0.508 e. The Morgan fingerprint density at radius 3 is 2.50 bits per heavy atom. The number of ether oxygens (including phenoxy) is 1. The number of phenolic OH excluding ortho intramolecular Hbond substituents is 1. The summed E-state index contributed by atoms with van der Waals surface area (Å²) in [6.07, 6.45) is 0. The highest BCUT2D eigenvalue weighted by molar-refractivity contribution is 5.49. The molecule has 0 radical (unpaired) electrons. The Morgan fingerprint density at radius 1 is 1.10 bits per heavy atom. The van der Waals surface area contributed by atoms with Crippen LogP contribution in [0.1, 0.15) is 18.5 Å². The van der Waals surface area contributed by atoms with Gasteiger partial charge in [-0.1, -0.05) is 0 Å². The summed E-state index contributed by atoms with van der Waals surface area (Å²) in [6.45, 7) is 1.80. The van der Waals surface area contributed by atoms with E-state index in [4.69, 9.17) is 4.74 Å². The SMILES string of the molecule is COc1ccc(O)c(C(C)Nc2ccc(F)c(F)c2)c1. The van der Waals surface area contributed by atoms with Gasteiger partial charge in [0.1, 0.15) is 11.5 Å². The lowest BCUT2D eigenvalue weighted by Crippen LogP contribution is -2.07. The number of nitrogens with one attached hydrogen (secondary N) is 1. The van der Waals surface area contributed by atoms with Crippen LogP contribution in [0.4, 0.5) is 14.5 Å². The highest BCUT2D eigenvalue weighted by Crippen LogP contribution is 2.30. The molecule has 20 heavy (non-hydrogen) atoms. The fourth-order valence-electron chi connectivity index (χ4n) is 1.92. The van der Waals surface area contributed by atoms with Gasteiger partial charge in [0.25, 0.3) is 0 Å². The molecule has 0 amide bonds. The van der Waals surface area contributed by atoms with Crippen LogP contribution in [0.3, 0.4) is 0 Å². The van der Waals surface area contributed by atoms with Crippen LogP contribution in [0.5, 0.6) is 11.5 Å². The monoisotopic (exact) mass is 279 g/mol. The second-order valence-electron chi connectivity index (χ2n) is 4.42. The minimum atomic E-state index is -0.919. The molecule has 0 aliphatic carbocycles. The number of methoxy groups -OCH3 is 1. The molecular formula is C15H15F2NO2. The summed E-state index contributed by atoms with van der Waals surface area (Å²) < 4.78 is 31.1. The molecule has 2 aromatic carbocycles. The van der Waals surface area contributed by atoms with Crippen LogP contribution < -0.4 is 10.1 Å². The van der Waals surface area contributed by atoms with Crippen LogP contribution in [-0.2, 0) is 0 Å². The van der Waals surface area contributed by atoms with Gasteiger partial charge < -0.3 is 15.2 Å². The number of hydrogen-bond acceptors (Lipinski definition) is 3. The van der Waals surface area contributed by atoms with E-state index in [0.717, 1.165) is 12.1 Å². The summed E-state index contributed by atoms with van der Waals surface area (Å²) in [7, 11) is 1.53. The molecule has 0 aliphatic heterocycles. The van der Waals surface area contributed by atoms with E-state index in [1.807, 2.05) is 0 Å². The molecule has 0 fully saturated rings. The highest BCUT2D eigenvalue weighted by atomic mass is 19.2. The number of halogens is 2. The number of benzene rings is 2. The van der Waals surface area contributed by atoms with Crippen LogP contribution in [0.2, 0.25) is 0 Å². The van der Waals surface area contributed by atoms with Crippen LogP contribution in [-0.4, -0.2) is 12.2 Å². The van der Waals surface area contributed by atoms with Crippen molar-refractivity contribution in [3.05, 3.63) is 53.6 Å². The van der Waals surface area contributed by atoms with Crippen molar-refractivity contribution in [2.75, 3.05) is 12.4 Å². The van der Waals surface area contributed by atoms with Crippen molar-refractivity contribution in [2.45, 2.75) is 13.0 Å². The van der Waals surface area contributed by atoms with Gasteiger partial charge in [-0.2, -0.15) is 0 Å². The third kappa shape index (κ3) is 2.99. The van der Waals surface area contributed by atoms with Crippen molar-refractivity contribution in [2.24, 2.45) is 0 Å². The second-order valence-corrected chi connectivity index (χ2v) is 4.42. The van der Waals surface area contributed by atoms with Crippen LogP contribution in [0, 0.1) is 11.6 Å². The van der Waals surface area contributed by atoms with Crippen molar-refractivity contribution in [1.29, 1.82) is 0 Å². The Bertz CT molecular complexity index is 617. The molecule has 0 saturated carbocycles. The lowest BCUT2D eigenvalue weighted by molar-refractivity contribution is 0.410. The fourth-order valence-corrected chi connectivity index (χ4v) is 1.92. The van der Waals surface area contributed by atoms with Gasteiger partial charge in [0.2, 0.25) is 0 Å². The third-order valence-electron chi connectivity index (χ3n) is 3.00. The second kappa shape index (κ2) is 5.77. The van der Waals surface area contributed by atoms with E-state index in [2.05, 4.69) is 5.32 Å². The smallest absolute Gasteiger partial charge is 0.160 e. The molecule has 0 heterocycles. The van der Waals surface area contributed by atoms with Crippen molar-refractivity contribution in [1.82, 2.24) is 0 Å². The average Bonchev–Trinajstić information content (AvgIpc) is 2.43. The normalized spacial score (nSPS) is 12.0. The van der Waals surface area contributed by atoms with Gasteiger partial charge in [0, 0.05) is 17.3 Å². The molecule has 1 unspecified atom stereocenters. The molecule has 0 aliphatic rings. The molecule has 0 spiro atoms. The standard InChI is InChI=1S/C15H15F2NO2/c1-9(12-8-11(20-2)4-6-15(12)19)18-10-3-5-13(16)14(17)7-10/h3-9,18-19H,1-2H3. The van der Waals surface area contributed by atoms with E-state index >= 15 is 0 Å². The number of aromatic hydroxyl groups is 1. The minimum absolute atomic E-state index is 0.105. The zero-order valence-electron chi connectivity index (χ0n) is 11.2. The van der Waals surface area contributed by atoms with Crippen molar-refractivity contribution in [3.8, 4) is 11.5 Å². The van der Waals surface area contributed by atoms with Gasteiger partial charge in [0.15, 0.2) is 11.6 Å². The summed E-state index contributed by atoms with van der Waals surface area (Å²) in [5, 5.41) is 12.8. The molecule has 2 N–H and O–H groups in total. The Morgan fingerprint density at radius 2 is 1.85 bits per heavy atom. The third-order valence-corrected chi connectivity index (χ3v) is 3.00. The topological polar surface area (TPSA) is 41.5 Å². The summed E-state index contributed by atoms with van der Waals surface area (Å²) in [5.74, 6) is -1.10. The van der Waals surface area contributed by atoms with Crippen LogP contribution in [0.25, 0.3) is 0 Å². The number of anilines is 1. The first-order valence-electron chi connectivity index (χ1n) is 6.09. The minimum Gasteiger partial charge on any atom is -0.508 e.